The quantitative estimate of drug-likeness (QED) is 0.483. The number of rotatable bonds is 5. The van der Waals surface area contributed by atoms with Crippen LogP contribution in [0.2, 0.25) is 0 Å². The van der Waals surface area contributed by atoms with Gasteiger partial charge in [0, 0.05) is 30.9 Å². The maximum atomic E-state index is 13.2. The molecule has 1 aliphatic rings. The Balaban J connectivity index is 1.44. The van der Waals surface area contributed by atoms with Crippen LogP contribution in [0.5, 0.6) is 0 Å². The molecule has 5 rings (SSSR count). The summed E-state index contributed by atoms with van der Waals surface area (Å²) in [5.74, 6) is 0.786. The highest BCUT2D eigenvalue weighted by atomic mass is 16.4. The van der Waals surface area contributed by atoms with E-state index in [-0.39, 0.29) is 11.9 Å². The smallest absolute Gasteiger partial charge is 0.267 e. The van der Waals surface area contributed by atoms with Crippen LogP contribution < -0.4 is 0 Å². The maximum absolute atomic E-state index is 13.2. The van der Waals surface area contributed by atoms with Crippen LogP contribution in [0, 0.1) is 0 Å². The number of aryl methyl sites for hydroxylation is 1. The van der Waals surface area contributed by atoms with Crippen molar-refractivity contribution >= 4 is 16.7 Å². The number of aromatic nitrogens is 5. The molecule has 0 saturated carbocycles. The second kappa shape index (κ2) is 8.29. The highest BCUT2D eigenvalue weighted by molar-refractivity contribution is 5.94. The van der Waals surface area contributed by atoms with Crippen molar-refractivity contribution in [2.75, 3.05) is 6.54 Å². The summed E-state index contributed by atoms with van der Waals surface area (Å²) < 4.78 is 7.89. The SMILES string of the molecule is CCCn1cc(C(=O)N2CCCCC2c2nnc(-c3nccc4ccccc34)o2)cn1. The molecule has 1 fully saturated rings. The first-order valence-electron chi connectivity index (χ1n) is 10.8. The number of amides is 1. The van der Waals surface area contributed by atoms with E-state index in [9.17, 15) is 4.79 Å². The Hall–Kier alpha value is -3.55. The van der Waals surface area contributed by atoms with E-state index in [1.54, 1.807) is 12.4 Å². The van der Waals surface area contributed by atoms with E-state index < -0.39 is 0 Å². The van der Waals surface area contributed by atoms with Gasteiger partial charge in [0.15, 0.2) is 0 Å². The third-order valence-electron chi connectivity index (χ3n) is 5.70. The molecule has 158 valence electrons. The molecule has 3 aromatic heterocycles. The summed E-state index contributed by atoms with van der Waals surface area (Å²) in [4.78, 5) is 19.5. The summed E-state index contributed by atoms with van der Waals surface area (Å²) in [6, 6.07) is 9.68. The molecule has 31 heavy (non-hydrogen) atoms. The highest BCUT2D eigenvalue weighted by Crippen LogP contribution is 2.33. The molecule has 1 aliphatic heterocycles. The van der Waals surface area contributed by atoms with Gasteiger partial charge in [-0.25, -0.2) is 0 Å². The minimum atomic E-state index is -0.244. The van der Waals surface area contributed by atoms with Gasteiger partial charge in [-0.1, -0.05) is 31.2 Å². The molecule has 0 spiro atoms. The van der Waals surface area contributed by atoms with Crippen LogP contribution >= 0.6 is 0 Å². The van der Waals surface area contributed by atoms with Gasteiger partial charge in [0.2, 0.25) is 5.89 Å². The molecule has 8 nitrogen and oxygen atoms in total. The molecule has 1 aromatic carbocycles. The topological polar surface area (TPSA) is 89.9 Å². The van der Waals surface area contributed by atoms with Crippen LogP contribution in [0.25, 0.3) is 22.4 Å². The fourth-order valence-electron chi connectivity index (χ4n) is 4.18. The van der Waals surface area contributed by atoms with Crippen molar-refractivity contribution in [3.8, 4) is 11.6 Å². The fraction of sp³-hybridized carbons (Fsp3) is 0.348. The van der Waals surface area contributed by atoms with E-state index in [1.165, 1.54) is 0 Å². The molecule has 0 radical (unpaired) electrons. The molecular weight excluding hydrogens is 392 g/mol. The van der Waals surface area contributed by atoms with Gasteiger partial charge in [0.1, 0.15) is 11.7 Å². The molecule has 0 N–H and O–H groups in total. The summed E-state index contributed by atoms with van der Waals surface area (Å²) in [5, 5.41) is 14.9. The standard InChI is InChI=1S/C23H24N6O2/c1-2-12-28-15-17(14-25-28)23(30)29-13-6-5-9-19(29)21-26-27-22(31-21)20-18-8-4-3-7-16(18)10-11-24-20/h3-4,7-8,10-11,14-15,19H,2,5-6,9,12-13H2,1H3. The summed E-state index contributed by atoms with van der Waals surface area (Å²) in [7, 11) is 0. The Morgan fingerprint density at radius 3 is 3.00 bits per heavy atom. The van der Waals surface area contributed by atoms with Crippen LogP contribution in [-0.4, -0.2) is 42.3 Å². The summed E-state index contributed by atoms with van der Waals surface area (Å²) in [5.41, 5.74) is 1.25. The normalized spacial score (nSPS) is 16.7. The third kappa shape index (κ3) is 3.69. The molecule has 0 bridgehead atoms. The molecule has 1 unspecified atom stereocenters. The molecule has 1 saturated heterocycles. The van der Waals surface area contributed by atoms with E-state index in [4.69, 9.17) is 4.42 Å². The number of carbonyl (C=O) groups excluding carboxylic acids is 1. The van der Waals surface area contributed by atoms with Crippen LogP contribution in [0.1, 0.15) is 54.9 Å². The first-order chi connectivity index (χ1) is 15.2. The third-order valence-corrected chi connectivity index (χ3v) is 5.70. The summed E-state index contributed by atoms with van der Waals surface area (Å²) >= 11 is 0. The Kier molecular flexibility index (Phi) is 5.19. The van der Waals surface area contributed by atoms with Gasteiger partial charge in [-0.3, -0.25) is 14.5 Å². The number of hydrogen-bond donors (Lipinski definition) is 0. The summed E-state index contributed by atoms with van der Waals surface area (Å²) in [6.07, 6.45) is 8.92. The number of hydrogen-bond acceptors (Lipinski definition) is 6. The van der Waals surface area contributed by atoms with Gasteiger partial charge >= 0.3 is 0 Å². The van der Waals surface area contributed by atoms with Crippen LogP contribution in [0.4, 0.5) is 0 Å². The van der Waals surface area contributed by atoms with Gasteiger partial charge in [-0.15, -0.1) is 10.2 Å². The minimum Gasteiger partial charge on any atom is -0.417 e. The molecule has 8 heteroatoms. The molecule has 1 amide bonds. The zero-order valence-corrected chi connectivity index (χ0v) is 17.4. The van der Waals surface area contributed by atoms with Crippen LogP contribution in [-0.2, 0) is 6.54 Å². The zero-order valence-electron chi connectivity index (χ0n) is 17.4. The summed E-state index contributed by atoms with van der Waals surface area (Å²) in [6.45, 7) is 3.54. The Bertz CT molecular complexity index is 1210. The van der Waals surface area contributed by atoms with Crippen molar-refractivity contribution in [2.45, 2.75) is 45.2 Å². The Labute approximate surface area is 179 Å². The highest BCUT2D eigenvalue weighted by Gasteiger charge is 2.33. The minimum absolute atomic E-state index is 0.0462. The lowest BCUT2D eigenvalue weighted by atomic mass is 10.0. The van der Waals surface area contributed by atoms with Gasteiger partial charge in [-0.05, 0) is 37.1 Å². The molecule has 0 aliphatic carbocycles. The lowest BCUT2D eigenvalue weighted by Gasteiger charge is -2.33. The molecular formula is C23H24N6O2. The average molecular weight is 416 g/mol. The first kappa shape index (κ1) is 19.4. The second-order valence-corrected chi connectivity index (χ2v) is 7.83. The van der Waals surface area contributed by atoms with Crippen molar-refractivity contribution in [3.63, 3.8) is 0 Å². The molecule has 4 heterocycles. The first-order valence-corrected chi connectivity index (χ1v) is 10.8. The Morgan fingerprint density at radius 2 is 2.10 bits per heavy atom. The number of likely N-dealkylation sites (tertiary alicyclic amines) is 1. The van der Waals surface area contributed by atoms with Gasteiger partial charge in [-0.2, -0.15) is 5.10 Å². The van der Waals surface area contributed by atoms with Crippen LogP contribution in [0.15, 0.2) is 53.3 Å². The molecule has 4 aromatic rings. The Morgan fingerprint density at radius 1 is 1.19 bits per heavy atom. The average Bonchev–Trinajstić information content (AvgIpc) is 3.49. The number of fused-ring (bicyclic) bond motifs is 1. The van der Waals surface area contributed by atoms with E-state index in [0.29, 0.717) is 29.6 Å². The lowest BCUT2D eigenvalue weighted by Crippen LogP contribution is -2.38. The van der Waals surface area contributed by atoms with E-state index in [0.717, 1.165) is 43.0 Å². The number of pyridine rings is 1. The lowest BCUT2D eigenvalue weighted by molar-refractivity contribution is 0.0572. The monoisotopic (exact) mass is 416 g/mol. The van der Waals surface area contributed by atoms with Gasteiger partial charge < -0.3 is 9.32 Å². The van der Waals surface area contributed by atoms with Crippen molar-refractivity contribution in [1.82, 2.24) is 29.9 Å². The number of carbonyl (C=O) groups is 1. The van der Waals surface area contributed by atoms with E-state index >= 15 is 0 Å². The van der Waals surface area contributed by atoms with Crippen molar-refractivity contribution in [2.24, 2.45) is 0 Å². The fourth-order valence-corrected chi connectivity index (χ4v) is 4.18. The van der Waals surface area contributed by atoms with E-state index in [1.807, 2.05) is 46.1 Å². The van der Waals surface area contributed by atoms with Crippen molar-refractivity contribution in [1.29, 1.82) is 0 Å². The van der Waals surface area contributed by atoms with Crippen LogP contribution in [0.3, 0.4) is 0 Å². The number of piperidine rings is 1. The number of benzene rings is 1. The largest absolute Gasteiger partial charge is 0.417 e. The van der Waals surface area contributed by atoms with Gasteiger partial charge in [0.05, 0.1) is 11.8 Å². The van der Waals surface area contributed by atoms with E-state index in [2.05, 4.69) is 27.2 Å². The van der Waals surface area contributed by atoms with Crippen molar-refractivity contribution in [3.05, 3.63) is 60.4 Å². The van der Waals surface area contributed by atoms with Crippen molar-refractivity contribution < 1.29 is 9.21 Å². The molecule has 1 atom stereocenters. The zero-order chi connectivity index (χ0) is 21.2. The van der Waals surface area contributed by atoms with Gasteiger partial charge in [0.25, 0.3) is 11.8 Å². The predicted molar refractivity (Wildman–Crippen MR) is 115 cm³/mol. The predicted octanol–water partition coefficient (Wildman–Crippen LogP) is 4.26. The second-order valence-electron chi connectivity index (χ2n) is 7.83. The number of nitrogens with zero attached hydrogens (tertiary/aromatic N) is 6. The maximum Gasteiger partial charge on any atom is 0.267 e.